The number of carbonyl (C=O) groups is 1. The first-order chi connectivity index (χ1) is 14.1. The molecular weight excluding hydrogens is 390 g/mol. The van der Waals surface area contributed by atoms with Gasteiger partial charge in [-0.25, -0.2) is 4.98 Å². The number of hydrogen-bond donors (Lipinski definition) is 1. The van der Waals surface area contributed by atoms with E-state index in [1.807, 2.05) is 48.5 Å². The van der Waals surface area contributed by atoms with Gasteiger partial charge in [-0.3, -0.25) is 14.9 Å². The van der Waals surface area contributed by atoms with Crippen molar-refractivity contribution in [2.24, 2.45) is 0 Å². The van der Waals surface area contributed by atoms with Crippen molar-refractivity contribution in [1.82, 2.24) is 4.98 Å². The van der Waals surface area contributed by atoms with Gasteiger partial charge >= 0.3 is 0 Å². The van der Waals surface area contributed by atoms with E-state index in [1.54, 1.807) is 6.07 Å². The summed E-state index contributed by atoms with van der Waals surface area (Å²) in [7, 11) is 0. The van der Waals surface area contributed by atoms with E-state index in [0.717, 1.165) is 11.1 Å². The third-order valence-electron chi connectivity index (χ3n) is 4.76. The molecule has 7 nitrogen and oxygen atoms in total. The summed E-state index contributed by atoms with van der Waals surface area (Å²) >= 11 is 1.21. The number of para-hydroxylation sites is 2. The predicted molar refractivity (Wildman–Crippen MR) is 110 cm³/mol. The second-order valence-corrected chi connectivity index (χ2v) is 7.56. The number of benzene rings is 3. The number of non-ortho nitro benzene ring substituents is 1. The zero-order valence-electron chi connectivity index (χ0n) is 14.9. The molecule has 8 heteroatoms. The van der Waals surface area contributed by atoms with E-state index in [-0.39, 0.29) is 11.6 Å². The van der Waals surface area contributed by atoms with E-state index in [1.165, 1.54) is 23.5 Å². The number of hydrogen-bond acceptors (Lipinski definition) is 6. The van der Waals surface area contributed by atoms with Gasteiger partial charge in [-0.2, -0.15) is 0 Å². The van der Waals surface area contributed by atoms with Gasteiger partial charge in [0, 0.05) is 23.3 Å². The molecule has 29 heavy (non-hydrogen) atoms. The number of aromatic nitrogens is 1. The number of ether oxygens (including phenoxy) is 1. The van der Waals surface area contributed by atoms with E-state index >= 15 is 0 Å². The number of thiazole rings is 1. The first-order valence-electron chi connectivity index (χ1n) is 8.82. The molecule has 0 spiro atoms. The molecule has 1 aromatic heterocycles. The molecule has 0 aliphatic carbocycles. The van der Waals surface area contributed by atoms with Crippen LogP contribution >= 0.6 is 11.3 Å². The first kappa shape index (κ1) is 17.3. The van der Waals surface area contributed by atoms with Gasteiger partial charge in [-0.15, -0.1) is 0 Å². The molecule has 1 aliphatic heterocycles. The van der Waals surface area contributed by atoms with Crippen molar-refractivity contribution in [1.29, 1.82) is 0 Å². The minimum absolute atomic E-state index is 0.00805. The highest BCUT2D eigenvalue weighted by atomic mass is 32.1. The van der Waals surface area contributed by atoms with Crippen LogP contribution in [-0.2, 0) is 4.79 Å². The van der Waals surface area contributed by atoms with Crippen LogP contribution in [0.15, 0.2) is 66.7 Å². The molecule has 1 aliphatic rings. The molecule has 142 valence electrons. The fraction of sp³-hybridized carbons (Fsp3) is 0.0476. The van der Waals surface area contributed by atoms with Crippen molar-refractivity contribution in [3.8, 4) is 11.5 Å². The number of nitrogens with one attached hydrogen (secondary N) is 1. The molecule has 0 atom stereocenters. The molecule has 3 aromatic carbocycles. The van der Waals surface area contributed by atoms with E-state index < -0.39 is 10.8 Å². The van der Waals surface area contributed by atoms with Gasteiger partial charge in [-0.05, 0) is 18.2 Å². The minimum atomic E-state index is -0.544. The number of nitro benzene ring substituents is 1. The molecule has 2 heterocycles. The number of anilines is 1. The summed E-state index contributed by atoms with van der Waals surface area (Å²) in [6.45, 7) is 0. The highest BCUT2D eigenvalue weighted by Gasteiger charge is 2.32. The van der Waals surface area contributed by atoms with Crippen molar-refractivity contribution in [2.75, 3.05) is 5.32 Å². The maximum atomic E-state index is 13.2. The standard InChI is InChI=1S/C21H13N3O4S/c25-20(23-21-22-15-10-9-12(24(26)27)11-18(15)29-21)19-13-5-1-3-7-16(13)28-17-8-4-2-6-14(17)19/h1-11,19H,(H,22,23,25). The maximum absolute atomic E-state index is 13.2. The summed E-state index contributed by atoms with van der Waals surface area (Å²) in [5, 5.41) is 14.2. The highest BCUT2D eigenvalue weighted by Crippen LogP contribution is 2.44. The van der Waals surface area contributed by atoms with Crippen molar-refractivity contribution in [2.45, 2.75) is 5.92 Å². The minimum Gasteiger partial charge on any atom is -0.457 e. The Labute approximate surface area is 168 Å². The summed E-state index contributed by atoms with van der Waals surface area (Å²) in [5.74, 6) is 0.511. The van der Waals surface area contributed by atoms with Gasteiger partial charge in [0.05, 0.1) is 21.1 Å². The Morgan fingerprint density at radius 3 is 2.34 bits per heavy atom. The van der Waals surface area contributed by atoms with Crippen molar-refractivity contribution < 1.29 is 14.5 Å². The molecule has 5 rings (SSSR count). The van der Waals surface area contributed by atoms with Crippen LogP contribution in [0.1, 0.15) is 17.0 Å². The monoisotopic (exact) mass is 403 g/mol. The Morgan fingerprint density at radius 2 is 1.69 bits per heavy atom. The Balaban J connectivity index is 1.51. The van der Waals surface area contributed by atoms with Crippen LogP contribution in [0.3, 0.4) is 0 Å². The number of nitrogens with zero attached hydrogens (tertiary/aromatic N) is 2. The SMILES string of the molecule is O=C(Nc1nc2ccc([N+](=O)[O-])cc2s1)C1c2ccccc2Oc2ccccc21. The number of amides is 1. The molecule has 1 amide bonds. The van der Waals surface area contributed by atoms with Gasteiger partial charge < -0.3 is 10.1 Å². The zero-order chi connectivity index (χ0) is 20.0. The summed E-state index contributed by atoms with van der Waals surface area (Å²) in [6.07, 6.45) is 0. The Hall–Kier alpha value is -3.78. The van der Waals surface area contributed by atoms with Crippen molar-refractivity contribution in [3.63, 3.8) is 0 Å². The van der Waals surface area contributed by atoms with Crippen LogP contribution in [0.2, 0.25) is 0 Å². The lowest BCUT2D eigenvalue weighted by Gasteiger charge is -2.27. The van der Waals surface area contributed by atoms with Crippen molar-refractivity contribution in [3.05, 3.63) is 88.0 Å². The molecule has 0 fully saturated rings. The highest BCUT2D eigenvalue weighted by molar-refractivity contribution is 7.22. The summed E-state index contributed by atoms with van der Waals surface area (Å²) in [4.78, 5) is 28.2. The van der Waals surface area contributed by atoms with Gasteiger partial charge in [0.15, 0.2) is 5.13 Å². The summed E-state index contributed by atoms with van der Waals surface area (Å²) < 4.78 is 6.58. The fourth-order valence-corrected chi connectivity index (χ4v) is 4.35. The third-order valence-corrected chi connectivity index (χ3v) is 5.69. The quantitative estimate of drug-likeness (QED) is 0.380. The lowest BCUT2D eigenvalue weighted by molar-refractivity contribution is -0.384. The van der Waals surface area contributed by atoms with E-state index in [9.17, 15) is 14.9 Å². The topological polar surface area (TPSA) is 94.4 Å². The summed E-state index contributed by atoms with van der Waals surface area (Å²) in [6, 6.07) is 19.3. The summed E-state index contributed by atoms with van der Waals surface area (Å²) in [5.41, 5.74) is 2.15. The van der Waals surface area contributed by atoms with Gasteiger partial charge in [0.25, 0.3) is 5.69 Å². The Bertz CT molecular complexity index is 1240. The molecule has 0 unspecified atom stereocenters. The first-order valence-corrected chi connectivity index (χ1v) is 9.63. The van der Waals surface area contributed by atoms with E-state index in [0.29, 0.717) is 26.8 Å². The van der Waals surface area contributed by atoms with Crippen LogP contribution in [0, 0.1) is 10.1 Å². The van der Waals surface area contributed by atoms with Gasteiger partial charge in [0.1, 0.15) is 11.5 Å². The van der Waals surface area contributed by atoms with Gasteiger partial charge in [-0.1, -0.05) is 47.7 Å². The number of fused-ring (bicyclic) bond motifs is 3. The lowest BCUT2D eigenvalue weighted by Crippen LogP contribution is -2.24. The molecule has 0 saturated heterocycles. The van der Waals surface area contributed by atoms with Crippen LogP contribution < -0.4 is 10.1 Å². The second kappa shape index (κ2) is 6.68. The Morgan fingerprint density at radius 1 is 1.03 bits per heavy atom. The molecule has 4 aromatic rings. The normalized spacial score (nSPS) is 12.7. The lowest BCUT2D eigenvalue weighted by atomic mass is 9.87. The molecule has 0 saturated carbocycles. The number of nitro groups is 1. The molecule has 0 radical (unpaired) electrons. The number of carbonyl (C=O) groups excluding carboxylic acids is 1. The van der Waals surface area contributed by atoms with Crippen LogP contribution in [0.25, 0.3) is 10.2 Å². The molecule has 0 bridgehead atoms. The fourth-order valence-electron chi connectivity index (χ4n) is 3.45. The van der Waals surface area contributed by atoms with Crippen LogP contribution in [-0.4, -0.2) is 15.8 Å². The smallest absolute Gasteiger partial charge is 0.270 e. The molecule has 1 N–H and O–H groups in total. The zero-order valence-corrected chi connectivity index (χ0v) is 15.7. The maximum Gasteiger partial charge on any atom is 0.270 e. The Kier molecular flexibility index (Phi) is 3.99. The third kappa shape index (κ3) is 2.99. The van der Waals surface area contributed by atoms with Crippen LogP contribution in [0.5, 0.6) is 11.5 Å². The largest absolute Gasteiger partial charge is 0.457 e. The van der Waals surface area contributed by atoms with Crippen LogP contribution in [0.4, 0.5) is 10.8 Å². The predicted octanol–water partition coefficient (Wildman–Crippen LogP) is 5.08. The van der Waals surface area contributed by atoms with E-state index in [2.05, 4.69) is 10.3 Å². The average Bonchev–Trinajstić information content (AvgIpc) is 3.13. The van der Waals surface area contributed by atoms with Gasteiger partial charge in [0.2, 0.25) is 5.91 Å². The number of rotatable bonds is 3. The molecular formula is C21H13N3O4S. The van der Waals surface area contributed by atoms with Crippen molar-refractivity contribution >= 4 is 38.3 Å². The van der Waals surface area contributed by atoms with E-state index in [4.69, 9.17) is 4.74 Å². The average molecular weight is 403 g/mol. The second-order valence-electron chi connectivity index (χ2n) is 6.53.